The van der Waals surface area contributed by atoms with Crippen molar-refractivity contribution in [1.29, 1.82) is 0 Å². The number of pyridine rings is 1. The van der Waals surface area contributed by atoms with Crippen LogP contribution >= 0.6 is 23.2 Å². The molecule has 9 nitrogen and oxygen atoms in total. The van der Waals surface area contributed by atoms with E-state index in [0.29, 0.717) is 34.1 Å². The molecule has 0 aliphatic carbocycles. The zero-order valence-electron chi connectivity index (χ0n) is 19.5. The quantitative estimate of drug-likeness (QED) is 0.406. The van der Waals surface area contributed by atoms with E-state index in [9.17, 15) is 21.6 Å². The summed E-state index contributed by atoms with van der Waals surface area (Å²) < 4.78 is 54.5. The van der Waals surface area contributed by atoms with Gasteiger partial charge < -0.3 is 5.32 Å². The van der Waals surface area contributed by atoms with Crippen LogP contribution in [0.5, 0.6) is 0 Å². The molecule has 0 spiro atoms. The highest BCUT2D eigenvalue weighted by molar-refractivity contribution is 7.92. The van der Waals surface area contributed by atoms with Gasteiger partial charge in [0.15, 0.2) is 0 Å². The van der Waals surface area contributed by atoms with E-state index in [-0.39, 0.29) is 41.4 Å². The minimum Gasteiger partial charge on any atom is -0.326 e. The van der Waals surface area contributed by atoms with Gasteiger partial charge in [0.25, 0.3) is 10.0 Å². The van der Waals surface area contributed by atoms with Crippen LogP contribution in [-0.2, 0) is 30.6 Å². The lowest BCUT2D eigenvalue weighted by Gasteiger charge is -2.30. The second-order valence-corrected chi connectivity index (χ2v) is 13.0. The molecular weight excluding hydrogens is 559 g/mol. The zero-order valence-corrected chi connectivity index (χ0v) is 22.6. The Morgan fingerprint density at radius 2 is 1.65 bits per heavy atom. The van der Waals surface area contributed by atoms with E-state index in [1.807, 2.05) is 0 Å². The van der Waals surface area contributed by atoms with Gasteiger partial charge >= 0.3 is 0 Å². The fourth-order valence-corrected chi connectivity index (χ4v) is 6.79. The number of piperidine rings is 1. The highest BCUT2D eigenvalue weighted by Crippen LogP contribution is 2.27. The first-order valence-electron chi connectivity index (χ1n) is 11.3. The lowest BCUT2D eigenvalue weighted by Crippen LogP contribution is -2.41. The second kappa shape index (κ2) is 11.4. The van der Waals surface area contributed by atoms with Crippen LogP contribution in [0, 0.1) is 5.92 Å². The number of hydrogen-bond donors (Lipinski definition) is 2. The fraction of sp³-hybridized carbons (Fsp3) is 0.250. The van der Waals surface area contributed by atoms with Crippen LogP contribution in [0.3, 0.4) is 0 Å². The first kappa shape index (κ1) is 27.3. The van der Waals surface area contributed by atoms with Gasteiger partial charge in [0, 0.05) is 30.9 Å². The van der Waals surface area contributed by atoms with E-state index in [2.05, 4.69) is 15.0 Å². The maximum absolute atomic E-state index is 12.8. The number of sulfonamides is 2. The van der Waals surface area contributed by atoms with Gasteiger partial charge in [0.1, 0.15) is 5.82 Å². The van der Waals surface area contributed by atoms with Crippen LogP contribution in [0.25, 0.3) is 0 Å². The van der Waals surface area contributed by atoms with Crippen LogP contribution < -0.4 is 10.0 Å². The number of aromatic nitrogens is 1. The molecule has 1 aliphatic rings. The molecule has 1 saturated heterocycles. The summed E-state index contributed by atoms with van der Waals surface area (Å²) in [6, 6.07) is 15.4. The maximum Gasteiger partial charge on any atom is 0.263 e. The molecule has 196 valence electrons. The highest BCUT2D eigenvalue weighted by Gasteiger charge is 2.31. The van der Waals surface area contributed by atoms with Crippen molar-refractivity contribution in [3.63, 3.8) is 0 Å². The predicted octanol–water partition coefficient (Wildman–Crippen LogP) is 4.37. The van der Waals surface area contributed by atoms with E-state index >= 15 is 0 Å². The zero-order chi connectivity index (χ0) is 26.6. The van der Waals surface area contributed by atoms with Crippen molar-refractivity contribution >= 4 is 60.7 Å². The molecule has 0 unspecified atom stereocenters. The summed E-state index contributed by atoms with van der Waals surface area (Å²) in [6.07, 6.45) is 2.21. The smallest absolute Gasteiger partial charge is 0.263 e. The molecule has 2 heterocycles. The SMILES string of the molecule is O=C(Nc1ccc(S(=O)(=O)Nc2ccccn2)cc1)C1CCN(S(=O)(=O)Cc2ccc(Cl)c(Cl)c2)CC1. The van der Waals surface area contributed by atoms with E-state index < -0.39 is 20.0 Å². The summed E-state index contributed by atoms with van der Waals surface area (Å²) in [5, 5.41) is 3.43. The first-order valence-corrected chi connectivity index (χ1v) is 15.1. The lowest BCUT2D eigenvalue weighted by molar-refractivity contribution is -0.120. The Kier molecular flexibility index (Phi) is 8.39. The van der Waals surface area contributed by atoms with Crippen molar-refractivity contribution in [1.82, 2.24) is 9.29 Å². The van der Waals surface area contributed by atoms with Crippen molar-refractivity contribution in [3.8, 4) is 0 Å². The Morgan fingerprint density at radius 3 is 2.27 bits per heavy atom. The van der Waals surface area contributed by atoms with E-state index in [4.69, 9.17) is 23.2 Å². The summed E-state index contributed by atoms with van der Waals surface area (Å²) in [6.45, 7) is 0.441. The normalized spacial score (nSPS) is 15.3. The van der Waals surface area contributed by atoms with Gasteiger partial charge in [-0.3, -0.25) is 9.52 Å². The van der Waals surface area contributed by atoms with Crippen LogP contribution in [0.4, 0.5) is 11.5 Å². The van der Waals surface area contributed by atoms with Gasteiger partial charge in [-0.25, -0.2) is 26.1 Å². The molecule has 13 heteroatoms. The number of carbonyl (C=O) groups is 1. The van der Waals surface area contributed by atoms with Gasteiger partial charge in [-0.15, -0.1) is 0 Å². The maximum atomic E-state index is 12.8. The molecule has 4 rings (SSSR count). The van der Waals surface area contributed by atoms with Crippen LogP contribution in [0.2, 0.25) is 10.0 Å². The molecule has 37 heavy (non-hydrogen) atoms. The third-order valence-corrected chi connectivity index (χ3v) is 9.85. The van der Waals surface area contributed by atoms with E-state index in [1.165, 1.54) is 46.9 Å². The molecule has 2 N–H and O–H groups in total. The monoisotopic (exact) mass is 582 g/mol. The van der Waals surface area contributed by atoms with Gasteiger partial charge in [-0.2, -0.15) is 0 Å². The van der Waals surface area contributed by atoms with Crippen molar-refractivity contribution in [2.75, 3.05) is 23.1 Å². The molecule has 0 saturated carbocycles. The number of amides is 1. The molecule has 0 atom stereocenters. The molecule has 3 aromatic rings. The van der Waals surface area contributed by atoms with Crippen molar-refractivity contribution in [2.24, 2.45) is 5.92 Å². The van der Waals surface area contributed by atoms with Crippen LogP contribution in [0.1, 0.15) is 18.4 Å². The molecule has 2 aromatic carbocycles. The number of benzene rings is 2. The first-order chi connectivity index (χ1) is 17.5. The van der Waals surface area contributed by atoms with Crippen molar-refractivity contribution in [3.05, 3.63) is 82.5 Å². The molecule has 1 amide bonds. The minimum atomic E-state index is -3.83. The molecule has 1 aliphatic heterocycles. The Morgan fingerprint density at radius 1 is 0.946 bits per heavy atom. The highest BCUT2D eigenvalue weighted by atomic mass is 35.5. The summed E-state index contributed by atoms with van der Waals surface area (Å²) in [7, 11) is -7.41. The fourth-order valence-electron chi connectivity index (χ4n) is 3.91. The van der Waals surface area contributed by atoms with Gasteiger partial charge in [-0.1, -0.05) is 35.3 Å². The van der Waals surface area contributed by atoms with Gasteiger partial charge in [0.05, 0.1) is 20.7 Å². The number of carbonyl (C=O) groups excluding carboxylic acids is 1. The number of rotatable bonds is 8. The summed E-state index contributed by atoms with van der Waals surface area (Å²) >= 11 is 11.9. The Balaban J connectivity index is 1.31. The molecule has 1 aromatic heterocycles. The number of nitrogens with zero attached hydrogens (tertiary/aromatic N) is 2. The van der Waals surface area contributed by atoms with Crippen LogP contribution in [-0.4, -0.2) is 45.1 Å². The number of halogens is 2. The molecule has 0 bridgehead atoms. The standard InChI is InChI=1S/C24H24Cl2N4O5S2/c25-21-9-4-17(15-22(21)26)16-36(32,33)30-13-10-18(11-14-30)24(31)28-19-5-7-20(8-6-19)37(34,35)29-23-3-1-2-12-27-23/h1-9,12,15,18H,10-11,13-14,16H2,(H,27,29)(H,28,31). The van der Waals surface area contributed by atoms with Gasteiger partial charge in [0.2, 0.25) is 15.9 Å². The van der Waals surface area contributed by atoms with Gasteiger partial charge in [-0.05, 0) is 66.9 Å². The number of hydrogen-bond acceptors (Lipinski definition) is 6. The molecule has 0 radical (unpaired) electrons. The third kappa shape index (κ3) is 6.99. The minimum absolute atomic E-state index is 0.0247. The second-order valence-electron chi connectivity index (χ2n) is 8.51. The number of anilines is 2. The van der Waals surface area contributed by atoms with Crippen molar-refractivity contribution < 1.29 is 21.6 Å². The van der Waals surface area contributed by atoms with E-state index in [0.717, 1.165) is 0 Å². The van der Waals surface area contributed by atoms with Crippen molar-refractivity contribution in [2.45, 2.75) is 23.5 Å². The average molecular weight is 584 g/mol. The van der Waals surface area contributed by atoms with Crippen LogP contribution in [0.15, 0.2) is 71.8 Å². The molecular formula is C24H24Cl2N4O5S2. The summed E-state index contributed by atoms with van der Waals surface area (Å²) in [5.74, 6) is -0.620. The Bertz CT molecular complexity index is 1480. The predicted molar refractivity (Wildman–Crippen MR) is 143 cm³/mol. The summed E-state index contributed by atoms with van der Waals surface area (Å²) in [5.41, 5.74) is 0.978. The largest absolute Gasteiger partial charge is 0.326 e. The van der Waals surface area contributed by atoms with E-state index in [1.54, 1.807) is 24.3 Å². The Labute approximate surface area is 225 Å². The average Bonchev–Trinajstić information content (AvgIpc) is 2.87. The molecule has 1 fully saturated rings. The lowest BCUT2D eigenvalue weighted by atomic mass is 9.97. The summed E-state index contributed by atoms with van der Waals surface area (Å²) in [4.78, 5) is 16.7. The third-order valence-electron chi connectivity index (χ3n) is 5.89. The number of nitrogens with one attached hydrogen (secondary N) is 2. The Hall–Kier alpha value is -2.70. The topological polar surface area (TPSA) is 126 Å².